The normalized spacial score (nSPS) is 25.2. The number of imide groups is 2. The molecule has 0 bridgehead atoms. The molecule has 16 heteroatoms. The molecule has 8 rings (SSSR count). The number of phenols is 1. The van der Waals surface area contributed by atoms with Crippen LogP contribution in [0, 0.1) is 30.6 Å². The Morgan fingerprint density at radius 3 is 2.19 bits per heavy atom. The van der Waals surface area contributed by atoms with Crippen LogP contribution < -0.4 is 19.9 Å². The number of allylic oxidation sites excluding steroid dienone is 2. The predicted octanol–water partition coefficient (Wildman–Crippen LogP) is 6.82. The summed E-state index contributed by atoms with van der Waals surface area (Å²) < 4.78 is 53.0. The molecule has 300 valence electrons. The molecule has 2 aliphatic carbocycles. The third-order valence-electron chi connectivity index (χ3n) is 11.9. The van der Waals surface area contributed by atoms with E-state index in [9.17, 15) is 32.7 Å². The number of aromatic hydroxyl groups is 1. The first-order chi connectivity index (χ1) is 27.6. The Morgan fingerprint density at radius 1 is 0.914 bits per heavy atom. The van der Waals surface area contributed by atoms with Gasteiger partial charge in [-0.15, -0.1) is 0 Å². The Kier molecular flexibility index (Phi) is 9.41. The molecular formula is C42H37ClF3N5O7. The van der Waals surface area contributed by atoms with Crippen LogP contribution in [0.2, 0.25) is 5.02 Å². The SMILES string of the molecule is COc1cc(O)cc(OC)c1[C@H]1C2=CC[C@@H]3C(=O)N(N(C)c4nc(C(F)(F)F)ccc4Cl)C(=O)[C@@H]3[C@@H]2C[C@H]2C(=O)N(Nc3ccc(C)cc3)C(=O)[C@@]12c1ccccc1. The topological polar surface area (TPSA) is 142 Å². The molecule has 4 amide bonds. The van der Waals surface area contributed by atoms with E-state index in [-0.39, 0.29) is 35.1 Å². The number of alkyl halides is 3. The van der Waals surface area contributed by atoms with Gasteiger partial charge in [0.15, 0.2) is 5.82 Å². The van der Waals surface area contributed by atoms with E-state index in [1.165, 1.54) is 33.4 Å². The maximum atomic E-state index is 15.5. The van der Waals surface area contributed by atoms with Crippen LogP contribution in [0.5, 0.6) is 17.2 Å². The smallest absolute Gasteiger partial charge is 0.433 e. The second-order valence-electron chi connectivity index (χ2n) is 14.9. The molecular weight excluding hydrogens is 779 g/mol. The Morgan fingerprint density at radius 2 is 1.57 bits per heavy atom. The number of fused-ring (bicyclic) bond motifs is 4. The summed E-state index contributed by atoms with van der Waals surface area (Å²) in [6.07, 6.45) is -3.08. The number of ether oxygens (including phenoxy) is 2. The lowest BCUT2D eigenvalue weighted by Gasteiger charge is -2.51. The highest BCUT2D eigenvalue weighted by Crippen LogP contribution is 2.66. The summed E-state index contributed by atoms with van der Waals surface area (Å²) in [5, 5.41) is 13.2. The lowest BCUT2D eigenvalue weighted by molar-refractivity contribution is -0.142. The highest BCUT2D eigenvalue weighted by Gasteiger charge is 2.71. The van der Waals surface area contributed by atoms with Gasteiger partial charge in [0.1, 0.15) is 22.9 Å². The van der Waals surface area contributed by atoms with Crippen LogP contribution >= 0.6 is 11.6 Å². The number of rotatable bonds is 8. The van der Waals surface area contributed by atoms with Gasteiger partial charge in [0.05, 0.1) is 48.1 Å². The molecule has 1 aromatic heterocycles. The van der Waals surface area contributed by atoms with E-state index in [0.29, 0.717) is 28.5 Å². The van der Waals surface area contributed by atoms with Crippen molar-refractivity contribution in [2.24, 2.45) is 23.7 Å². The van der Waals surface area contributed by atoms with Gasteiger partial charge in [-0.2, -0.15) is 23.2 Å². The van der Waals surface area contributed by atoms with Gasteiger partial charge in [-0.1, -0.05) is 71.3 Å². The minimum absolute atomic E-state index is 0.0113. The van der Waals surface area contributed by atoms with Crippen molar-refractivity contribution in [3.8, 4) is 17.2 Å². The highest BCUT2D eigenvalue weighted by atomic mass is 35.5. The number of methoxy groups -OCH3 is 2. The van der Waals surface area contributed by atoms with E-state index in [2.05, 4.69) is 10.4 Å². The Hall–Kier alpha value is -6.09. The van der Waals surface area contributed by atoms with E-state index in [0.717, 1.165) is 26.7 Å². The van der Waals surface area contributed by atoms with Gasteiger partial charge in [-0.25, -0.2) is 4.98 Å². The standard InChI is InChI=1S/C42H37ClF3N5O7/c1-21-10-12-23(13-11-21)48-50-38(54)28-20-27-25(14-15-26-33(27)39(55)51(37(26)53)49(2)36-29(43)16-17-32(47-36)42(44,45)46)35(34-30(57-3)18-24(52)19-31(34)58-4)41(28,40(50)56)22-8-6-5-7-9-22/h5-14,16-19,26-28,33,35,48,52H,15,20H2,1-4H3/t26-,27+,28-,33-,35+,41+/m0/s1. The summed E-state index contributed by atoms with van der Waals surface area (Å²) >= 11 is 6.32. The second kappa shape index (κ2) is 14.1. The van der Waals surface area contributed by atoms with Gasteiger partial charge in [-0.05, 0) is 55.5 Å². The van der Waals surface area contributed by atoms with Crippen LogP contribution in [0.15, 0.2) is 90.5 Å². The summed E-state index contributed by atoms with van der Waals surface area (Å²) in [6, 6.07) is 20.4. The number of hydrogen-bond acceptors (Lipinski definition) is 10. The van der Waals surface area contributed by atoms with E-state index < -0.39 is 76.3 Å². The molecule has 3 fully saturated rings. The quantitative estimate of drug-likeness (QED) is 0.144. The largest absolute Gasteiger partial charge is 0.508 e. The highest BCUT2D eigenvalue weighted by molar-refractivity contribution is 6.33. The first kappa shape index (κ1) is 38.8. The van der Waals surface area contributed by atoms with Gasteiger partial charge in [0.2, 0.25) is 0 Å². The van der Waals surface area contributed by atoms with Gasteiger partial charge >= 0.3 is 6.18 Å². The van der Waals surface area contributed by atoms with Crippen LogP contribution in [0.3, 0.4) is 0 Å². The number of pyridine rings is 1. The fraction of sp³-hybridized carbons (Fsp3) is 0.310. The molecule has 6 atom stereocenters. The number of nitrogens with zero attached hydrogens (tertiary/aromatic N) is 4. The van der Waals surface area contributed by atoms with E-state index >= 15 is 4.79 Å². The van der Waals surface area contributed by atoms with Crippen molar-refractivity contribution >= 4 is 46.7 Å². The number of carbonyl (C=O) groups excluding carboxylic acids is 4. The number of amides is 4. The fourth-order valence-electron chi connectivity index (χ4n) is 9.46. The predicted molar refractivity (Wildman–Crippen MR) is 205 cm³/mol. The van der Waals surface area contributed by atoms with Crippen LogP contribution in [0.4, 0.5) is 24.7 Å². The number of halogens is 4. The van der Waals surface area contributed by atoms with Crippen molar-refractivity contribution in [2.45, 2.75) is 37.3 Å². The number of benzene rings is 3. The molecule has 4 aliphatic rings. The monoisotopic (exact) mass is 815 g/mol. The summed E-state index contributed by atoms with van der Waals surface area (Å²) in [5.74, 6) is -8.07. The van der Waals surface area contributed by atoms with Crippen molar-refractivity contribution in [3.05, 3.63) is 118 Å². The van der Waals surface area contributed by atoms with Gasteiger partial charge in [-0.3, -0.25) is 29.6 Å². The van der Waals surface area contributed by atoms with Gasteiger partial charge in [0.25, 0.3) is 23.6 Å². The Labute approximate surface area is 335 Å². The van der Waals surface area contributed by atoms with Crippen molar-refractivity contribution < 1.29 is 46.9 Å². The van der Waals surface area contributed by atoms with E-state index in [1.807, 2.05) is 19.1 Å². The number of hydrazine groups is 2. The minimum Gasteiger partial charge on any atom is -0.508 e. The van der Waals surface area contributed by atoms with Crippen molar-refractivity contribution in [3.63, 3.8) is 0 Å². The second-order valence-corrected chi connectivity index (χ2v) is 15.3. The molecule has 3 aromatic carbocycles. The molecule has 2 aliphatic heterocycles. The van der Waals surface area contributed by atoms with Gasteiger partial charge < -0.3 is 14.6 Å². The third kappa shape index (κ3) is 5.77. The number of nitrogens with one attached hydrogen (secondary N) is 1. The Balaban J connectivity index is 1.32. The lowest BCUT2D eigenvalue weighted by atomic mass is 9.49. The maximum Gasteiger partial charge on any atom is 0.433 e. The number of aromatic nitrogens is 1. The van der Waals surface area contributed by atoms with Crippen molar-refractivity contribution in [1.82, 2.24) is 15.0 Å². The molecule has 4 aromatic rings. The summed E-state index contributed by atoms with van der Waals surface area (Å²) in [5.41, 5.74) is 2.90. The van der Waals surface area contributed by atoms with Crippen molar-refractivity contribution in [2.75, 3.05) is 31.7 Å². The molecule has 0 unspecified atom stereocenters. The van der Waals surface area contributed by atoms with Gasteiger partial charge in [0, 0.05) is 30.7 Å². The summed E-state index contributed by atoms with van der Waals surface area (Å²) in [6.45, 7) is 1.90. The maximum absolute atomic E-state index is 15.5. The zero-order valence-electron chi connectivity index (χ0n) is 31.6. The first-order valence-corrected chi connectivity index (χ1v) is 18.8. The van der Waals surface area contributed by atoms with Crippen molar-refractivity contribution in [1.29, 1.82) is 0 Å². The molecule has 3 heterocycles. The number of phenolic OH excluding ortho intramolecular Hbond substituents is 1. The number of hydrogen-bond donors (Lipinski definition) is 2. The number of carbonyl (C=O) groups is 4. The summed E-state index contributed by atoms with van der Waals surface area (Å²) in [7, 11) is 4.02. The minimum atomic E-state index is -4.84. The molecule has 2 N–H and O–H groups in total. The average Bonchev–Trinajstić information content (AvgIpc) is 3.58. The van der Waals surface area contributed by atoms with E-state index in [1.54, 1.807) is 48.5 Å². The van der Waals surface area contributed by atoms with Crippen LogP contribution in [0.1, 0.15) is 41.1 Å². The Bertz CT molecular complexity index is 2370. The number of aryl methyl sites for hydroxylation is 1. The molecule has 0 radical (unpaired) electrons. The molecule has 12 nitrogen and oxygen atoms in total. The molecule has 58 heavy (non-hydrogen) atoms. The fourth-order valence-corrected chi connectivity index (χ4v) is 9.69. The molecule has 0 spiro atoms. The van der Waals surface area contributed by atoms with Crippen LogP contribution in [-0.4, -0.2) is 65.0 Å². The third-order valence-corrected chi connectivity index (χ3v) is 12.2. The summed E-state index contributed by atoms with van der Waals surface area (Å²) in [4.78, 5) is 63.2. The average molecular weight is 816 g/mol. The molecule has 2 saturated heterocycles. The van der Waals surface area contributed by atoms with E-state index in [4.69, 9.17) is 21.1 Å². The lowest BCUT2D eigenvalue weighted by Crippen LogP contribution is -2.53. The first-order valence-electron chi connectivity index (χ1n) is 18.4. The molecule has 1 saturated carbocycles. The number of anilines is 2. The zero-order chi connectivity index (χ0) is 41.4. The van der Waals surface area contributed by atoms with Crippen LogP contribution in [-0.2, 0) is 30.8 Å². The van der Waals surface area contributed by atoms with Crippen LogP contribution in [0.25, 0.3) is 0 Å². The zero-order valence-corrected chi connectivity index (χ0v) is 32.3.